The molecule has 1 aromatic heterocycles. The monoisotopic (exact) mass is 389 g/mol. The number of esters is 1. The highest BCUT2D eigenvalue weighted by molar-refractivity contribution is 6.35. The van der Waals surface area contributed by atoms with E-state index in [-0.39, 0.29) is 18.3 Å². The predicted octanol–water partition coefficient (Wildman–Crippen LogP) is 5.20. The Morgan fingerprint density at radius 2 is 1.65 bits per heavy atom. The van der Waals surface area contributed by atoms with Crippen molar-refractivity contribution in [1.82, 2.24) is 0 Å². The largest absolute Gasteiger partial charge is 0.459 e. The molecule has 5 nitrogen and oxygen atoms in total. The summed E-state index contributed by atoms with van der Waals surface area (Å²) in [5.74, 6) is -0.700. The van der Waals surface area contributed by atoms with Crippen molar-refractivity contribution in [2.24, 2.45) is 0 Å². The summed E-state index contributed by atoms with van der Waals surface area (Å²) in [6, 6.07) is 14.5. The minimum atomic E-state index is -0.523. The molecule has 3 aromatic rings. The number of rotatable bonds is 5. The van der Waals surface area contributed by atoms with Crippen LogP contribution in [0.4, 0.5) is 5.69 Å². The van der Waals surface area contributed by atoms with E-state index >= 15 is 0 Å². The molecule has 0 fully saturated rings. The summed E-state index contributed by atoms with van der Waals surface area (Å²) in [7, 11) is 0. The fraction of sp³-hybridized carbons (Fsp3) is 0.0526. The molecule has 1 N–H and O–H groups in total. The lowest BCUT2D eigenvalue weighted by atomic mass is 10.2. The molecule has 2 aromatic carbocycles. The molecule has 7 heteroatoms. The Kier molecular flexibility index (Phi) is 5.61. The Morgan fingerprint density at radius 3 is 2.27 bits per heavy atom. The van der Waals surface area contributed by atoms with Crippen molar-refractivity contribution in [2.75, 3.05) is 5.32 Å². The first-order chi connectivity index (χ1) is 12.5. The molecular weight excluding hydrogens is 377 g/mol. The Bertz CT molecular complexity index is 901. The van der Waals surface area contributed by atoms with Crippen LogP contribution in [0.2, 0.25) is 10.0 Å². The molecule has 0 aliphatic carbocycles. The van der Waals surface area contributed by atoms with E-state index in [2.05, 4.69) is 5.32 Å². The zero-order chi connectivity index (χ0) is 18.5. The molecule has 1 amide bonds. The third-order valence-electron chi connectivity index (χ3n) is 3.53. The van der Waals surface area contributed by atoms with Crippen LogP contribution >= 0.6 is 23.2 Å². The molecule has 0 spiro atoms. The second-order valence-electron chi connectivity index (χ2n) is 5.29. The molecule has 26 heavy (non-hydrogen) atoms. The maximum atomic E-state index is 12.2. The lowest BCUT2D eigenvalue weighted by molar-refractivity contribution is 0.0473. The molecule has 0 saturated carbocycles. The van der Waals surface area contributed by atoms with Crippen LogP contribution in [-0.2, 0) is 11.3 Å². The van der Waals surface area contributed by atoms with E-state index in [1.54, 1.807) is 54.6 Å². The van der Waals surface area contributed by atoms with E-state index < -0.39 is 5.97 Å². The van der Waals surface area contributed by atoms with Gasteiger partial charge in [0.15, 0.2) is 5.76 Å². The summed E-state index contributed by atoms with van der Waals surface area (Å²) in [4.78, 5) is 24.0. The first-order valence-corrected chi connectivity index (χ1v) is 8.35. The molecule has 0 radical (unpaired) electrons. The molecular formula is C19H13Cl2NO4. The van der Waals surface area contributed by atoms with Crippen LogP contribution in [0.1, 0.15) is 26.5 Å². The van der Waals surface area contributed by atoms with Crippen LogP contribution in [0.5, 0.6) is 0 Å². The summed E-state index contributed by atoms with van der Waals surface area (Å²) < 4.78 is 10.3. The zero-order valence-electron chi connectivity index (χ0n) is 13.4. The van der Waals surface area contributed by atoms with Gasteiger partial charge in [-0.3, -0.25) is 4.79 Å². The maximum absolute atomic E-state index is 12.2. The number of nitrogens with one attached hydrogen (secondary N) is 1. The molecule has 1 heterocycles. The second kappa shape index (κ2) is 8.08. The van der Waals surface area contributed by atoms with Crippen LogP contribution in [0, 0.1) is 0 Å². The fourth-order valence-electron chi connectivity index (χ4n) is 2.18. The summed E-state index contributed by atoms with van der Waals surface area (Å²) in [5.41, 5.74) is 1.41. The van der Waals surface area contributed by atoms with Crippen molar-refractivity contribution in [2.45, 2.75) is 6.61 Å². The Labute approximate surface area is 159 Å². The molecule has 0 unspecified atom stereocenters. The highest BCUT2D eigenvalue weighted by Crippen LogP contribution is 2.25. The van der Waals surface area contributed by atoms with Gasteiger partial charge in [0.2, 0.25) is 0 Å². The minimum absolute atomic E-state index is 0.0334. The van der Waals surface area contributed by atoms with Gasteiger partial charge in [-0.15, -0.1) is 0 Å². The van der Waals surface area contributed by atoms with E-state index in [1.807, 2.05) is 0 Å². The number of ether oxygens (including phenoxy) is 1. The molecule has 132 valence electrons. The van der Waals surface area contributed by atoms with Gasteiger partial charge in [-0.1, -0.05) is 29.3 Å². The normalized spacial score (nSPS) is 10.4. The summed E-state index contributed by atoms with van der Waals surface area (Å²) in [5, 5.41) is 3.53. The molecule has 0 aliphatic heterocycles. The molecule has 0 bridgehead atoms. The van der Waals surface area contributed by atoms with Gasteiger partial charge in [-0.2, -0.15) is 0 Å². The number of hydrogen-bond donors (Lipinski definition) is 1. The van der Waals surface area contributed by atoms with Crippen molar-refractivity contribution in [3.05, 3.63) is 87.8 Å². The quantitative estimate of drug-likeness (QED) is 0.609. The van der Waals surface area contributed by atoms with Crippen LogP contribution in [0.25, 0.3) is 0 Å². The number of carbonyl (C=O) groups is 2. The van der Waals surface area contributed by atoms with Crippen LogP contribution in [-0.4, -0.2) is 11.9 Å². The highest BCUT2D eigenvalue weighted by Gasteiger charge is 2.12. The van der Waals surface area contributed by atoms with Crippen molar-refractivity contribution >= 4 is 40.8 Å². The maximum Gasteiger partial charge on any atom is 0.338 e. The zero-order valence-corrected chi connectivity index (χ0v) is 14.9. The number of amides is 1. The fourth-order valence-corrected chi connectivity index (χ4v) is 2.69. The molecule has 3 rings (SSSR count). The van der Waals surface area contributed by atoms with Crippen molar-refractivity contribution in [3.8, 4) is 0 Å². The number of carbonyl (C=O) groups excluding carboxylic acids is 2. The SMILES string of the molecule is O=C(OCc1c(Cl)cccc1Cl)c1ccc(NC(=O)c2ccco2)cc1. The Morgan fingerprint density at radius 1 is 0.962 bits per heavy atom. The smallest absolute Gasteiger partial charge is 0.338 e. The number of benzene rings is 2. The average molecular weight is 390 g/mol. The lowest BCUT2D eigenvalue weighted by Crippen LogP contribution is -2.11. The number of furan rings is 1. The Balaban J connectivity index is 1.61. The van der Waals surface area contributed by atoms with Crippen molar-refractivity contribution in [1.29, 1.82) is 0 Å². The van der Waals surface area contributed by atoms with Gasteiger partial charge in [-0.05, 0) is 48.5 Å². The van der Waals surface area contributed by atoms with E-state index in [1.165, 1.54) is 6.26 Å². The Hall–Kier alpha value is -2.76. The van der Waals surface area contributed by atoms with Gasteiger partial charge in [0.05, 0.1) is 11.8 Å². The van der Waals surface area contributed by atoms with Gasteiger partial charge in [-0.25, -0.2) is 4.79 Å². The minimum Gasteiger partial charge on any atom is -0.459 e. The third-order valence-corrected chi connectivity index (χ3v) is 4.24. The van der Waals surface area contributed by atoms with E-state index in [0.717, 1.165) is 0 Å². The molecule has 0 aliphatic rings. The van der Waals surface area contributed by atoms with Crippen LogP contribution in [0.15, 0.2) is 65.3 Å². The van der Waals surface area contributed by atoms with Gasteiger partial charge in [0, 0.05) is 21.3 Å². The number of hydrogen-bond acceptors (Lipinski definition) is 4. The van der Waals surface area contributed by atoms with Crippen LogP contribution < -0.4 is 5.32 Å². The summed E-state index contributed by atoms with van der Waals surface area (Å²) >= 11 is 12.1. The van der Waals surface area contributed by atoms with E-state index in [9.17, 15) is 9.59 Å². The van der Waals surface area contributed by atoms with E-state index in [0.29, 0.717) is 26.9 Å². The highest BCUT2D eigenvalue weighted by atomic mass is 35.5. The molecule has 0 atom stereocenters. The second-order valence-corrected chi connectivity index (χ2v) is 6.10. The first kappa shape index (κ1) is 18.0. The summed E-state index contributed by atoms with van der Waals surface area (Å²) in [6.07, 6.45) is 1.42. The van der Waals surface area contributed by atoms with E-state index in [4.69, 9.17) is 32.4 Å². The van der Waals surface area contributed by atoms with Gasteiger partial charge in [0.1, 0.15) is 6.61 Å². The predicted molar refractivity (Wildman–Crippen MR) is 98.7 cm³/mol. The standard InChI is InChI=1S/C19H13Cl2NO4/c20-15-3-1-4-16(21)14(15)11-26-19(24)12-6-8-13(9-7-12)22-18(23)17-5-2-10-25-17/h1-10H,11H2,(H,22,23). The topological polar surface area (TPSA) is 68.5 Å². The summed E-state index contributed by atoms with van der Waals surface area (Å²) in [6.45, 7) is -0.0334. The van der Waals surface area contributed by atoms with Gasteiger partial charge < -0.3 is 14.5 Å². The van der Waals surface area contributed by atoms with Crippen LogP contribution in [0.3, 0.4) is 0 Å². The van der Waals surface area contributed by atoms with Gasteiger partial charge in [0.25, 0.3) is 5.91 Å². The van der Waals surface area contributed by atoms with Crippen molar-refractivity contribution < 1.29 is 18.7 Å². The number of halogens is 2. The molecule has 0 saturated heterocycles. The number of anilines is 1. The lowest BCUT2D eigenvalue weighted by Gasteiger charge is -2.09. The first-order valence-electron chi connectivity index (χ1n) is 7.59. The van der Waals surface area contributed by atoms with Gasteiger partial charge >= 0.3 is 5.97 Å². The average Bonchev–Trinajstić information content (AvgIpc) is 3.16. The van der Waals surface area contributed by atoms with Crippen molar-refractivity contribution in [3.63, 3.8) is 0 Å². The third kappa shape index (κ3) is 4.25.